The van der Waals surface area contributed by atoms with Crippen molar-refractivity contribution in [3.8, 4) is 0 Å². The van der Waals surface area contributed by atoms with Crippen LogP contribution in [0.5, 0.6) is 0 Å². The molecular formula is C38H72O. The van der Waals surface area contributed by atoms with E-state index in [9.17, 15) is 4.79 Å². The van der Waals surface area contributed by atoms with Gasteiger partial charge in [0.15, 0.2) is 0 Å². The Hall–Kier alpha value is -0.850. The minimum atomic E-state index is 0.434. The van der Waals surface area contributed by atoms with E-state index in [0.717, 1.165) is 12.8 Å². The van der Waals surface area contributed by atoms with Crippen LogP contribution in [0.25, 0.3) is 0 Å². The van der Waals surface area contributed by atoms with Crippen LogP contribution >= 0.6 is 0 Å². The van der Waals surface area contributed by atoms with Crippen LogP contribution in [0.4, 0.5) is 0 Å². The van der Waals surface area contributed by atoms with Crippen LogP contribution < -0.4 is 0 Å². The summed E-state index contributed by atoms with van der Waals surface area (Å²) in [5, 5.41) is 0. The predicted molar refractivity (Wildman–Crippen MR) is 178 cm³/mol. The van der Waals surface area contributed by atoms with Gasteiger partial charge in [0.25, 0.3) is 0 Å². The fraction of sp³-hybridized carbons (Fsp3) is 0.868. The lowest BCUT2D eigenvalue weighted by molar-refractivity contribution is -0.118. The lowest BCUT2D eigenvalue weighted by Crippen LogP contribution is -1.94. The number of rotatable bonds is 33. The smallest absolute Gasteiger partial charge is 0.132 e. The molecule has 0 aliphatic rings. The van der Waals surface area contributed by atoms with E-state index < -0.39 is 0 Å². The molecule has 0 aliphatic heterocycles. The largest absolute Gasteiger partial charge is 0.300 e. The second-order valence-electron chi connectivity index (χ2n) is 12.2. The summed E-state index contributed by atoms with van der Waals surface area (Å²) in [6.45, 7) is 4.27. The molecule has 0 aromatic rings. The maximum Gasteiger partial charge on any atom is 0.132 e. The SMILES string of the molecule is CCCCCCCCCCCCCCC=CCCCCCC=CCCCCCCCCCCCCC(=O)CC. The minimum absolute atomic E-state index is 0.434. The molecule has 1 heteroatoms. The molecule has 0 aromatic carbocycles. The molecule has 0 rings (SSSR count). The predicted octanol–water partition coefficient (Wildman–Crippen LogP) is 13.8. The number of Topliss-reactive ketones (excluding diaryl/α,β-unsaturated/α-hetero) is 1. The molecule has 0 N–H and O–H groups in total. The van der Waals surface area contributed by atoms with Gasteiger partial charge < -0.3 is 0 Å². The third kappa shape index (κ3) is 35.1. The average molecular weight is 545 g/mol. The van der Waals surface area contributed by atoms with Crippen molar-refractivity contribution in [3.63, 3.8) is 0 Å². The van der Waals surface area contributed by atoms with E-state index in [1.54, 1.807) is 0 Å². The van der Waals surface area contributed by atoms with E-state index >= 15 is 0 Å². The Morgan fingerprint density at radius 3 is 0.923 bits per heavy atom. The molecule has 39 heavy (non-hydrogen) atoms. The fourth-order valence-electron chi connectivity index (χ4n) is 5.45. The minimum Gasteiger partial charge on any atom is -0.300 e. The van der Waals surface area contributed by atoms with E-state index in [4.69, 9.17) is 0 Å². The van der Waals surface area contributed by atoms with Gasteiger partial charge in [-0.25, -0.2) is 0 Å². The highest BCUT2D eigenvalue weighted by Crippen LogP contribution is 2.14. The number of allylic oxidation sites excluding steroid dienone is 4. The monoisotopic (exact) mass is 545 g/mol. The van der Waals surface area contributed by atoms with E-state index in [1.807, 2.05) is 6.92 Å². The van der Waals surface area contributed by atoms with Gasteiger partial charge in [0.2, 0.25) is 0 Å². The topological polar surface area (TPSA) is 17.1 Å². The fourth-order valence-corrected chi connectivity index (χ4v) is 5.45. The second kappa shape index (κ2) is 35.2. The molecule has 1 nitrogen and oxygen atoms in total. The molecule has 0 atom stereocenters. The van der Waals surface area contributed by atoms with Gasteiger partial charge in [0.05, 0.1) is 0 Å². The Balaban J connectivity index is 3.16. The summed E-state index contributed by atoms with van der Waals surface area (Å²) in [6, 6.07) is 0. The summed E-state index contributed by atoms with van der Waals surface area (Å²) in [4.78, 5) is 11.3. The number of unbranched alkanes of at least 4 members (excludes halogenated alkanes) is 26. The first-order valence-corrected chi connectivity index (χ1v) is 18.1. The summed E-state index contributed by atoms with van der Waals surface area (Å²) in [6.07, 6.45) is 51.2. The van der Waals surface area contributed by atoms with Gasteiger partial charge >= 0.3 is 0 Å². The molecule has 0 bridgehead atoms. The standard InChI is InChI=1S/C38H72O/c1-3-5-6-7-8-9-10-11-12-13-14-15-16-17-18-19-20-21-22-23-24-25-26-27-28-29-30-31-32-33-34-35-36-37-38(39)4-2/h17-18,24-25H,3-16,19-23,26-37H2,1-2H3. The zero-order valence-electron chi connectivity index (χ0n) is 27.1. The Bertz CT molecular complexity index is 517. The van der Waals surface area contributed by atoms with Gasteiger partial charge in [-0.15, -0.1) is 0 Å². The van der Waals surface area contributed by atoms with Crippen LogP contribution in [0.3, 0.4) is 0 Å². The summed E-state index contributed by atoms with van der Waals surface area (Å²) < 4.78 is 0. The lowest BCUT2D eigenvalue weighted by Gasteiger charge is -2.02. The van der Waals surface area contributed by atoms with Gasteiger partial charge in [-0.3, -0.25) is 4.79 Å². The second-order valence-corrected chi connectivity index (χ2v) is 12.2. The number of hydrogen-bond acceptors (Lipinski definition) is 1. The maximum atomic E-state index is 11.3. The summed E-state index contributed by atoms with van der Waals surface area (Å²) in [5.41, 5.74) is 0. The summed E-state index contributed by atoms with van der Waals surface area (Å²) in [5.74, 6) is 0.434. The van der Waals surface area contributed by atoms with Gasteiger partial charge in [-0.05, 0) is 57.8 Å². The van der Waals surface area contributed by atoms with E-state index in [1.165, 1.54) is 180 Å². The first kappa shape index (κ1) is 38.1. The maximum absolute atomic E-state index is 11.3. The van der Waals surface area contributed by atoms with Gasteiger partial charge in [0, 0.05) is 12.8 Å². The molecule has 0 heterocycles. The zero-order chi connectivity index (χ0) is 28.3. The lowest BCUT2D eigenvalue weighted by atomic mass is 10.0. The summed E-state index contributed by atoms with van der Waals surface area (Å²) >= 11 is 0. The average Bonchev–Trinajstić information content (AvgIpc) is 2.95. The van der Waals surface area contributed by atoms with Gasteiger partial charge in [-0.1, -0.05) is 167 Å². The highest BCUT2D eigenvalue weighted by atomic mass is 16.1. The molecule has 0 radical (unpaired) electrons. The van der Waals surface area contributed by atoms with Crippen molar-refractivity contribution in [1.82, 2.24) is 0 Å². The zero-order valence-corrected chi connectivity index (χ0v) is 27.1. The quantitative estimate of drug-likeness (QED) is 0.0593. The number of ketones is 1. The first-order valence-electron chi connectivity index (χ1n) is 18.1. The van der Waals surface area contributed by atoms with E-state index in [-0.39, 0.29) is 0 Å². The van der Waals surface area contributed by atoms with Crippen molar-refractivity contribution < 1.29 is 4.79 Å². The Morgan fingerprint density at radius 2 is 0.615 bits per heavy atom. The molecule has 0 unspecified atom stereocenters. The molecule has 0 saturated heterocycles. The summed E-state index contributed by atoms with van der Waals surface area (Å²) in [7, 11) is 0. The van der Waals surface area contributed by atoms with E-state index in [0.29, 0.717) is 12.2 Å². The Morgan fingerprint density at radius 1 is 0.359 bits per heavy atom. The van der Waals surface area contributed by atoms with Crippen LogP contribution in [0.15, 0.2) is 24.3 Å². The van der Waals surface area contributed by atoms with Crippen molar-refractivity contribution >= 4 is 5.78 Å². The van der Waals surface area contributed by atoms with Gasteiger partial charge in [0.1, 0.15) is 5.78 Å². The van der Waals surface area contributed by atoms with Crippen LogP contribution in [0.2, 0.25) is 0 Å². The Labute approximate surface area is 247 Å². The van der Waals surface area contributed by atoms with Crippen molar-refractivity contribution in [2.75, 3.05) is 0 Å². The normalized spacial score (nSPS) is 11.8. The van der Waals surface area contributed by atoms with Crippen LogP contribution in [-0.2, 0) is 4.79 Å². The molecule has 0 aliphatic carbocycles. The molecule has 0 fully saturated rings. The van der Waals surface area contributed by atoms with E-state index in [2.05, 4.69) is 31.2 Å². The Kier molecular flexibility index (Phi) is 34.4. The number of carbonyl (C=O) groups is 1. The van der Waals surface area contributed by atoms with Crippen LogP contribution in [-0.4, -0.2) is 5.78 Å². The first-order chi connectivity index (χ1) is 19.3. The van der Waals surface area contributed by atoms with Crippen LogP contribution in [0.1, 0.15) is 213 Å². The number of hydrogen-bond donors (Lipinski definition) is 0. The molecular weight excluding hydrogens is 472 g/mol. The third-order valence-corrected chi connectivity index (χ3v) is 8.27. The molecule has 230 valence electrons. The number of carbonyl (C=O) groups excluding carboxylic acids is 1. The molecule has 0 saturated carbocycles. The molecule has 0 spiro atoms. The van der Waals surface area contributed by atoms with Crippen LogP contribution in [0, 0.1) is 0 Å². The highest BCUT2D eigenvalue weighted by Gasteiger charge is 1.98. The molecule has 0 amide bonds. The van der Waals surface area contributed by atoms with Crippen molar-refractivity contribution in [3.05, 3.63) is 24.3 Å². The van der Waals surface area contributed by atoms with Crippen molar-refractivity contribution in [1.29, 1.82) is 0 Å². The van der Waals surface area contributed by atoms with Crippen molar-refractivity contribution in [2.45, 2.75) is 213 Å². The third-order valence-electron chi connectivity index (χ3n) is 8.27. The van der Waals surface area contributed by atoms with Crippen molar-refractivity contribution in [2.24, 2.45) is 0 Å². The highest BCUT2D eigenvalue weighted by molar-refractivity contribution is 5.77. The molecule has 0 aromatic heterocycles. The van der Waals surface area contributed by atoms with Gasteiger partial charge in [-0.2, -0.15) is 0 Å².